The summed E-state index contributed by atoms with van der Waals surface area (Å²) in [6, 6.07) is 19.9. The van der Waals surface area contributed by atoms with Gasteiger partial charge in [-0.15, -0.1) is 0 Å². The van der Waals surface area contributed by atoms with E-state index in [-0.39, 0.29) is 24.2 Å². The first-order valence-electron chi connectivity index (χ1n) is 9.94. The molecule has 3 aromatic rings. The summed E-state index contributed by atoms with van der Waals surface area (Å²) in [5.41, 5.74) is 3.86. The third kappa shape index (κ3) is 3.88. The predicted molar refractivity (Wildman–Crippen MR) is 113 cm³/mol. The zero-order valence-corrected chi connectivity index (χ0v) is 17.1. The minimum Gasteiger partial charge on any atom is -0.493 e. The average molecular weight is 405 g/mol. The Bertz CT molecular complexity index is 1050. The summed E-state index contributed by atoms with van der Waals surface area (Å²) in [4.78, 5) is 15.2. The first-order valence-corrected chi connectivity index (χ1v) is 9.94. The minimum absolute atomic E-state index is 0.0325. The molecule has 4 rings (SSSR count). The van der Waals surface area contributed by atoms with Crippen molar-refractivity contribution in [3.8, 4) is 11.5 Å². The van der Waals surface area contributed by atoms with E-state index in [0.717, 1.165) is 16.7 Å². The molecular weight excluding hydrogens is 381 g/mol. The monoisotopic (exact) mass is 405 g/mol. The van der Waals surface area contributed by atoms with Crippen LogP contribution in [0.15, 0.2) is 66.7 Å². The fraction of sp³-hybridized carbons (Fsp3) is 0.240. The maximum Gasteiger partial charge on any atom is 0.227 e. The van der Waals surface area contributed by atoms with Crippen LogP contribution in [0, 0.1) is 5.82 Å². The second kappa shape index (κ2) is 8.57. The van der Waals surface area contributed by atoms with E-state index in [1.807, 2.05) is 47.4 Å². The van der Waals surface area contributed by atoms with Crippen molar-refractivity contribution >= 4 is 5.91 Å². The van der Waals surface area contributed by atoms with Crippen LogP contribution in [0.2, 0.25) is 0 Å². The molecule has 0 saturated heterocycles. The van der Waals surface area contributed by atoms with Gasteiger partial charge < -0.3 is 14.4 Å². The topological polar surface area (TPSA) is 38.8 Å². The number of ether oxygens (including phenoxy) is 2. The van der Waals surface area contributed by atoms with Crippen LogP contribution in [0.4, 0.5) is 4.39 Å². The van der Waals surface area contributed by atoms with E-state index in [4.69, 9.17) is 9.47 Å². The van der Waals surface area contributed by atoms with E-state index in [9.17, 15) is 9.18 Å². The second-order valence-corrected chi connectivity index (χ2v) is 7.36. The Balaban J connectivity index is 1.75. The lowest BCUT2D eigenvalue weighted by molar-refractivity contribution is -0.132. The van der Waals surface area contributed by atoms with Crippen LogP contribution in [0.25, 0.3) is 0 Å². The van der Waals surface area contributed by atoms with Gasteiger partial charge in [-0.05, 0) is 52.9 Å². The molecule has 154 valence electrons. The fourth-order valence-corrected chi connectivity index (χ4v) is 4.13. The molecule has 0 aliphatic carbocycles. The zero-order valence-electron chi connectivity index (χ0n) is 17.1. The van der Waals surface area contributed by atoms with Gasteiger partial charge in [0.15, 0.2) is 11.5 Å². The number of amides is 1. The number of rotatable bonds is 5. The van der Waals surface area contributed by atoms with Crippen molar-refractivity contribution in [3.63, 3.8) is 0 Å². The summed E-state index contributed by atoms with van der Waals surface area (Å²) >= 11 is 0. The van der Waals surface area contributed by atoms with Crippen LogP contribution in [-0.2, 0) is 17.6 Å². The number of hydrogen-bond acceptors (Lipinski definition) is 3. The Kier molecular flexibility index (Phi) is 5.70. The van der Waals surface area contributed by atoms with Crippen LogP contribution in [0.1, 0.15) is 28.3 Å². The minimum atomic E-state index is -0.333. The highest BCUT2D eigenvalue weighted by Crippen LogP contribution is 2.41. The van der Waals surface area contributed by atoms with E-state index in [1.54, 1.807) is 26.4 Å². The molecule has 1 atom stereocenters. The Morgan fingerprint density at radius 3 is 2.43 bits per heavy atom. The van der Waals surface area contributed by atoms with Crippen LogP contribution in [0.5, 0.6) is 11.5 Å². The van der Waals surface area contributed by atoms with Crippen molar-refractivity contribution in [2.75, 3.05) is 20.8 Å². The number of hydrogen-bond donors (Lipinski definition) is 0. The fourth-order valence-electron chi connectivity index (χ4n) is 4.13. The SMILES string of the molecule is COc1cc2c(cc1OC)C(c1ccccc1)N(C(=O)Cc1cccc(F)c1)CC2. The number of halogens is 1. The van der Waals surface area contributed by atoms with Gasteiger partial charge in [0.05, 0.1) is 26.7 Å². The molecule has 0 saturated carbocycles. The lowest BCUT2D eigenvalue weighted by Crippen LogP contribution is -2.41. The normalized spacial score (nSPS) is 15.4. The summed E-state index contributed by atoms with van der Waals surface area (Å²) < 4.78 is 24.6. The van der Waals surface area contributed by atoms with Gasteiger partial charge in [0.25, 0.3) is 0 Å². The maximum absolute atomic E-state index is 13.6. The van der Waals surface area contributed by atoms with Gasteiger partial charge in [0.1, 0.15) is 5.82 Å². The highest BCUT2D eigenvalue weighted by Gasteiger charge is 2.33. The zero-order chi connectivity index (χ0) is 21.1. The van der Waals surface area contributed by atoms with E-state index in [1.165, 1.54) is 12.1 Å². The van der Waals surface area contributed by atoms with E-state index in [0.29, 0.717) is 30.0 Å². The molecule has 1 aliphatic heterocycles. The lowest BCUT2D eigenvalue weighted by Gasteiger charge is -2.38. The quantitative estimate of drug-likeness (QED) is 0.625. The summed E-state index contributed by atoms with van der Waals surface area (Å²) in [7, 11) is 3.23. The molecule has 0 aromatic heterocycles. The summed E-state index contributed by atoms with van der Waals surface area (Å²) in [6.45, 7) is 0.580. The molecule has 1 aliphatic rings. The average Bonchev–Trinajstić information content (AvgIpc) is 2.77. The molecule has 0 N–H and O–H groups in total. The Morgan fingerprint density at radius 1 is 1.00 bits per heavy atom. The number of benzene rings is 3. The van der Waals surface area contributed by atoms with Crippen LogP contribution < -0.4 is 9.47 Å². The molecule has 0 bridgehead atoms. The van der Waals surface area contributed by atoms with Crippen molar-refractivity contribution in [1.82, 2.24) is 4.90 Å². The van der Waals surface area contributed by atoms with Crippen molar-refractivity contribution in [3.05, 3.63) is 94.8 Å². The first kappa shape index (κ1) is 20.0. The Hall–Kier alpha value is -3.34. The molecule has 0 fully saturated rings. The summed E-state index contributed by atoms with van der Waals surface area (Å²) in [5.74, 6) is 0.954. The molecular formula is C25H24FNO3. The van der Waals surface area contributed by atoms with Crippen LogP contribution in [0.3, 0.4) is 0 Å². The highest BCUT2D eigenvalue weighted by molar-refractivity contribution is 5.80. The largest absolute Gasteiger partial charge is 0.493 e. The van der Waals surface area contributed by atoms with Crippen LogP contribution >= 0.6 is 0 Å². The molecule has 1 unspecified atom stereocenters. The number of methoxy groups -OCH3 is 2. The highest BCUT2D eigenvalue weighted by atomic mass is 19.1. The third-order valence-corrected chi connectivity index (χ3v) is 5.55. The molecule has 0 radical (unpaired) electrons. The van der Waals surface area contributed by atoms with Crippen LogP contribution in [-0.4, -0.2) is 31.6 Å². The smallest absolute Gasteiger partial charge is 0.227 e. The number of nitrogens with zero attached hydrogens (tertiary/aromatic N) is 1. The van der Waals surface area contributed by atoms with Gasteiger partial charge in [-0.1, -0.05) is 42.5 Å². The predicted octanol–water partition coefficient (Wildman–Crippen LogP) is 4.56. The first-order chi connectivity index (χ1) is 14.6. The van der Waals surface area contributed by atoms with Crippen molar-refractivity contribution in [2.24, 2.45) is 0 Å². The molecule has 5 heteroatoms. The third-order valence-electron chi connectivity index (χ3n) is 5.55. The summed E-state index contributed by atoms with van der Waals surface area (Å²) in [6.07, 6.45) is 0.873. The Morgan fingerprint density at radius 2 is 1.73 bits per heavy atom. The maximum atomic E-state index is 13.6. The molecule has 1 amide bonds. The molecule has 1 heterocycles. The van der Waals surface area contributed by atoms with Gasteiger partial charge >= 0.3 is 0 Å². The van der Waals surface area contributed by atoms with E-state index in [2.05, 4.69) is 0 Å². The Labute approximate surface area is 175 Å². The van der Waals surface area contributed by atoms with Gasteiger partial charge in [0.2, 0.25) is 5.91 Å². The molecule has 3 aromatic carbocycles. The standard InChI is InChI=1S/C25H24FNO3/c1-29-22-15-19-11-12-27(24(28)14-17-7-6-10-20(26)13-17)25(18-8-4-3-5-9-18)21(19)16-23(22)30-2/h3-10,13,15-16,25H,11-12,14H2,1-2H3. The molecule has 0 spiro atoms. The number of carbonyl (C=O) groups is 1. The molecule has 4 nitrogen and oxygen atoms in total. The van der Waals surface area contributed by atoms with Gasteiger partial charge in [-0.2, -0.15) is 0 Å². The lowest BCUT2D eigenvalue weighted by atomic mass is 9.87. The van der Waals surface area contributed by atoms with Crippen molar-refractivity contribution < 1.29 is 18.7 Å². The molecule has 30 heavy (non-hydrogen) atoms. The van der Waals surface area contributed by atoms with Crippen molar-refractivity contribution in [2.45, 2.75) is 18.9 Å². The van der Waals surface area contributed by atoms with Gasteiger partial charge in [-0.3, -0.25) is 4.79 Å². The van der Waals surface area contributed by atoms with Crippen molar-refractivity contribution in [1.29, 1.82) is 0 Å². The number of carbonyl (C=O) groups excluding carboxylic acids is 1. The number of fused-ring (bicyclic) bond motifs is 1. The van der Waals surface area contributed by atoms with E-state index >= 15 is 0 Å². The van der Waals surface area contributed by atoms with Gasteiger partial charge in [0, 0.05) is 6.54 Å². The summed E-state index contributed by atoms with van der Waals surface area (Å²) in [5, 5.41) is 0. The van der Waals surface area contributed by atoms with Gasteiger partial charge in [-0.25, -0.2) is 4.39 Å². The second-order valence-electron chi connectivity index (χ2n) is 7.36. The van der Waals surface area contributed by atoms with E-state index < -0.39 is 0 Å².